The second kappa shape index (κ2) is 9.14. The zero-order chi connectivity index (χ0) is 19.1. The van der Waals surface area contributed by atoms with Gasteiger partial charge in [0.25, 0.3) is 0 Å². The molecule has 7 heteroatoms. The van der Waals surface area contributed by atoms with E-state index >= 15 is 0 Å². The molecule has 1 aromatic heterocycles. The molecule has 1 aliphatic rings. The number of anilines is 1. The first-order valence-electron chi connectivity index (χ1n) is 8.91. The molecule has 0 bridgehead atoms. The SMILES string of the molecule is COC(=O)c1cccc(NC(=O)N(Cc2ccccn2)CC2CCCO2)c1. The maximum Gasteiger partial charge on any atom is 0.337 e. The van der Waals surface area contributed by atoms with Crippen molar-refractivity contribution in [1.29, 1.82) is 0 Å². The fraction of sp³-hybridized carbons (Fsp3) is 0.350. The molecule has 1 aliphatic heterocycles. The minimum Gasteiger partial charge on any atom is -0.465 e. The average molecular weight is 369 g/mol. The van der Waals surface area contributed by atoms with Crippen LogP contribution in [0, 0.1) is 0 Å². The third kappa shape index (κ3) is 5.27. The minimum absolute atomic E-state index is 0.0286. The Kier molecular flexibility index (Phi) is 6.38. The highest BCUT2D eigenvalue weighted by atomic mass is 16.5. The molecular formula is C20H23N3O4. The van der Waals surface area contributed by atoms with Crippen LogP contribution in [0.1, 0.15) is 28.9 Å². The number of esters is 1. The fourth-order valence-electron chi connectivity index (χ4n) is 2.98. The summed E-state index contributed by atoms with van der Waals surface area (Å²) in [6, 6.07) is 12.0. The average Bonchev–Trinajstić information content (AvgIpc) is 3.21. The predicted octanol–water partition coefficient (Wildman–Crippen LogP) is 3.08. The normalized spacial score (nSPS) is 16.0. The Morgan fingerprint density at radius 1 is 1.30 bits per heavy atom. The summed E-state index contributed by atoms with van der Waals surface area (Å²) >= 11 is 0. The van der Waals surface area contributed by atoms with E-state index in [2.05, 4.69) is 10.3 Å². The molecule has 1 unspecified atom stereocenters. The number of ether oxygens (including phenoxy) is 2. The zero-order valence-corrected chi connectivity index (χ0v) is 15.3. The van der Waals surface area contributed by atoms with E-state index in [0.29, 0.717) is 24.3 Å². The summed E-state index contributed by atoms with van der Waals surface area (Å²) in [5.74, 6) is -0.448. The number of aromatic nitrogens is 1. The van der Waals surface area contributed by atoms with E-state index in [-0.39, 0.29) is 12.1 Å². The van der Waals surface area contributed by atoms with E-state index in [1.165, 1.54) is 7.11 Å². The Balaban J connectivity index is 1.72. The van der Waals surface area contributed by atoms with Gasteiger partial charge in [-0.1, -0.05) is 12.1 Å². The molecule has 0 spiro atoms. The molecule has 1 N–H and O–H groups in total. The molecule has 7 nitrogen and oxygen atoms in total. The molecule has 0 radical (unpaired) electrons. The number of carbonyl (C=O) groups excluding carboxylic acids is 2. The number of nitrogens with zero attached hydrogens (tertiary/aromatic N) is 2. The molecule has 1 saturated heterocycles. The lowest BCUT2D eigenvalue weighted by atomic mass is 10.2. The summed E-state index contributed by atoms with van der Waals surface area (Å²) in [5.41, 5.74) is 1.71. The lowest BCUT2D eigenvalue weighted by Gasteiger charge is -2.25. The molecule has 0 saturated carbocycles. The van der Waals surface area contributed by atoms with Crippen molar-refractivity contribution in [2.75, 3.05) is 25.6 Å². The molecule has 142 valence electrons. The van der Waals surface area contributed by atoms with E-state index in [1.807, 2.05) is 18.2 Å². The number of benzene rings is 1. The number of rotatable bonds is 6. The maximum absolute atomic E-state index is 12.9. The Bertz CT molecular complexity index is 776. The third-order valence-corrected chi connectivity index (χ3v) is 4.35. The van der Waals surface area contributed by atoms with Gasteiger partial charge in [-0.15, -0.1) is 0 Å². The van der Waals surface area contributed by atoms with Crippen LogP contribution in [0.15, 0.2) is 48.7 Å². The number of amides is 2. The van der Waals surface area contributed by atoms with E-state index in [9.17, 15) is 9.59 Å². The van der Waals surface area contributed by atoms with Crippen molar-refractivity contribution in [3.8, 4) is 0 Å². The Morgan fingerprint density at radius 3 is 2.89 bits per heavy atom. The van der Waals surface area contributed by atoms with Crippen LogP contribution in [0.2, 0.25) is 0 Å². The van der Waals surface area contributed by atoms with Gasteiger partial charge in [-0.25, -0.2) is 9.59 Å². The van der Waals surface area contributed by atoms with E-state index < -0.39 is 5.97 Å². The quantitative estimate of drug-likeness (QED) is 0.792. The van der Waals surface area contributed by atoms with E-state index in [4.69, 9.17) is 9.47 Å². The van der Waals surface area contributed by atoms with Gasteiger partial charge >= 0.3 is 12.0 Å². The molecule has 1 atom stereocenters. The lowest BCUT2D eigenvalue weighted by molar-refractivity contribution is 0.0600. The number of urea groups is 1. The Morgan fingerprint density at radius 2 is 2.19 bits per heavy atom. The van der Waals surface area contributed by atoms with Crippen molar-refractivity contribution < 1.29 is 19.1 Å². The summed E-state index contributed by atoms with van der Waals surface area (Å²) in [6.07, 6.45) is 3.67. The largest absolute Gasteiger partial charge is 0.465 e. The van der Waals surface area contributed by atoms with E-state index in [0.717, 1.165) is 25.1 Å². The zero-order valence-electron chi connectivity index (χ0n) is 15.3. The summed E-state index contributed by atoms with van der Waals surface area (Å²) < 4.78 is 10.4. The van der Waals surface area contributed by atoms with Crippen molar-refractivity contribution >= 4 is 17.7 Å². The van der Waals surface area contributed by atoms with Gasteiger partial charge in [0, 0.05) is 25.0 Å². The van der Waals surface area contributed by atoms with Crippen molar-refractivity contribution in [3.63, 3.8) is 0 Å². The number of hydrogen-bond acceptors (Lipinski definition) is 5. The molecule has 2 amide bonds. The standard InChI is InChI=1S/C20H23N3O4/c1-26-19(24)15-6-4-8-16(12-15)22-20(25)23(14-18-9-5-11-27-18)13-17-7-2-3-10-21-17/h2-4,6-8,10,12,18H,5,9,11,13-14H2,1H3,(H,22,25). The van der Waals surface area contributed by atoms with Gasteiger partial charge in [0.1, 0.15) is 0 Å². The van der Waals surface area contributed by atoms with Crippen LogP contribution in [0.5, 0.6) is 0 Å². The minimum atomic E-state index is -0.448. The summed E-state index contributed by atoms with van der Waals surface area (Å²) in [4.78, 5) is 30.5. The number of methoxy groups -OCH3 is 1. The van der Waals surface area contributed by atoms with Crippen LogP contribution >= 0.6 is 0 Å². The Hall–Kier alpha value is -2.93. The second-order valence-electron chi connectivity index (χ2n) is 6.34. The number of carbonyl (C=O) groups is 2. The highest BCUT2D eigenvalue weighted by Crippen LogP contribution is 2.17. The van der Waals surface area contributed by atoms with Crippen LogP contribution < -0.4 is 5.32 Å². The number of hydrogen-bond donors (Lipinski definition) is 1. The number of pyridine rings is 1. The van der Waals surface area contributed by atoms with Crippen molar-refractivity contribution in [3.05, 3.63) is 59.9 Å². The monoisotopic (exact) mass is 369 g/mol. The van der Waals surface area contributed by atoms with Crippen molar-refractivity contribution in [1.82, 2.24) is 9.88 Å². The van der Waals surface area contributed by atoms with Gasteiger partial charge in [-0.3, -0.25) is 4.98 Å². The molecule has 2 aromatic rings. The molecule has 3 rings (SSSR count). The highest BCUT2D eigenvalue weighted by Gasteiger charge is 2.23. The molecule has 1 fully saturated rings. The van der Waals surface area contributed by atoms with Gasteiger partial charge in [0.05, 0.1) is 31.0 Å². The fourth-order valence-corrected chi connectivity index (χ4v) is 2.98. The van der Waals surface area contributed by atoms with Crippen LogP contribution in [-0.2, 0) is 16.0 Å². The first-order valence-corrected chi connectivity index (χ1v) is 8.91. The van der Waals surface area contributed by atoms with Gasteiger partial charge < -0.3 is 19.7 Å². The van der Waals surface area contributed by atoms with E-state index in [1.54, 1.807) is 35.4 Å². The van der Waals surface area contributed by atoms with Crippen molar-refractivity contribution in [2.45, 2.75) is 25.5 Å². The van der Waals surface area contributed by atoms with Gasteiger partial charge in [-0.05, 0) is 43.2 Å². The lowest BCUT2D eigenvalue weighted by Crippen LogP contribution is -2.39. The third-order valence-electron chi connectivity index (χ3n) is 4.35. The summed E-state index contributed by atoms with van der Waals surface area (Å²) in [7, 11) is 1.32. The first-order chi connectivity index (χ1) is 13.2. The van der Waals surface area contributed by atoms with Crippen molar-refractivity contribution in [2.24, 2.45) is 0 Å². The maximum atomic E-state index is 12.9. The summed E-state index contributed by atoms with van der Waals surface area (Å²) in [5, 5.41) is 2.85. The molecule has 0 aliphatic carbocycles. The molecule has 1 aromatic carbocycles. The predicted molar refractivity (Wildman–Crippen MR) is 100 cm³/mol. The van der Waals surface area contributed by atoms with Crippen LogP contribution in [-0.4, -0.2) is 48.2 Å². The summed E-state index contributed by atoms with van der Waals surface area (Å²) in [6.45, 7) is 1.59. The first kappa shape index (κ1) is 18.8. The Labute approximate surface area is 158 Å². The number of nitrogens with one attached hydrogen (secondary N) is 1. The van der Waals surface area contributed by atoms with Crippen LogP contribution in [0.3, 0.4) is 0 Å². The molecule has 27 heavy (non-hydrogen) atoms. The molecule has 2 heterocycles. The van der Waals surface area contributed by atoms with Crippen LogP contribution in [0.4, 0.5) is 10.5 Å². The van der Waals surface area contributed by atoms with Gasteiger partial charge in [-0.2, -0.15) is 0 Å². The van der Waals surface area contributed by atoms with Gasteiger partial charge in [0.15, 0.2) is 0 Å². The topological polar surface area (TPSA) is 80.8 Å². The highest BCUT2D eigenvalue weighted by molar-refractivity contribution is 5.93. The molecular weight excluding hydrogens is 346 g/mol. The van der Waals surface area contributed by atoms with Crippen LogP contribution in [0.25, 0.3) is 0 Å². The van der Waals surface area contributed by atoms with Gasteiger partial charge in [0.2, 0.25) is 0 Å². The smallest absolute Gasteiger partial charge is 0.337 e. The second-order valence-corrected chi connectivity index (χ2v) is 6.34.